The SMILES string of the molecule is O=[n+]1o[nH]c2c1C=CC1=[N+](O)ONC12. The number of nitrogens with one attached hydrogen (secondary N) is 2. The van der Waals surface area contributed by atoms with Gasteiger partial charge in [0.15, 0.2) is 4.60 Å². The minimum absolute atomic E-state index is 0.352. The summed E-state index contributed by atoms with van der Waals surface area (Å²) < 4.78 is 4.89. The summed E-state index contributed by atoms with van der Waals surface area (Å²) >= 11 is 0. The topological polar surface area (TPSA) is 96.4 Å². The molecule has 1 aromatic heterocycles. The molecule has 1 aliphatic carbocycles. The Morgan fingerprint density at radius 3 is 3.21 bits per heavy atom. The van der Waals surface area contributed by atoms with Crippen LogP contribution in [0.4, 0.5) is 0 Å². The molecule has 1 aromatic rings. The van der Waals surface area contributed by atoms with E-state index in [-0.39, 0.29) is 0 Å². The molecule has 0 saturated heterocycles. The number of H-pyrrole nitrogens is 1. The second kappa shape index (κ2) is 2.23. The van der Waals surface area contributed by atoms with Gasteiger partial charge in [-0.3, -0.25) is 0 Å². The van der Waals surface area contributed by atoms with Crippen LogP contribution in [0.5, 0.6) is 0 Å². The molecule has 3 N–H and O–H groups in total. The highest BCUT2D eigenvalue weighted by Gasteiger charge is 2.46. The van der Waals surface area contributed by atoms with Crippen LogP contribution >= 0.6 is 0 Å². The van der Waals surface area contributed by atoms with E-state index in [0.717, 1.165) is 0 Å². The summed E-state index contributed by atoms with van der Waals surface area (Å²) in [6.07, 6.45) is 3.08. The summed E-state index contributed by atoms with van der Waals surface area (Å²) in [4.78, 5) is 16.3. The summed E-state index contributed by atoms with van der Waals surface area (Å²) in [6, 6.07) is -0.418. The molecule has 14 heavy (non-hydrogen) atoms. The van der Waals surface area contributed by atoms with Crippen molar-refractivity contribution in [3.63, 3.8) is 0 Å². The number of rotatable bonds is 0. The van der Waals surface area contributed by atoms with E-state index >= 15 is 0 Å². The molecule has 2 aliphatic rings. The standard InChI is InChI=1S/C6H5N4O4/c11-9-3-1-2-4-6(5(3)7-13-9)8-14-10(4)12/h1-2,5,7,11H/q+1/p+1. The second-order valence-corrected chi connectivity index (χ2v) is 2.92. The van der Waals surface area contributed by atoms with Gasteiger partial charge in [-0.25, -0.2) is 5.21 Å². The van der Waals surface area contributed by atoms with Gasteiger partial charge in [0.25, 0.3) is 5.69 Å². The molecule has 0 spiro atoms. The molecule has 72 valence electrons. The number of hydroxylamine groups is 1. The maximum Gasteiger partial charge on any atom is 0.319 e. The molecular weight excluding hydrogens is 192 g/mol. The van der Waals surface area contributed by atoms with E-state index in [1.54, 1.807) is 6.08 Å². The predicted octanol–water partition coefficient (Wildman–Crippen LogP) is -1.12. The Morgan fingerprint density at radius 1 is 1.50 bits per heavy atom. The van der Waals surface area contributed by atoms with Crippen LogP contribution in [0, 0.1) is 4.91 Å². The molecule has 2 heterocycles. The van der Waals surface area contributed by atoms with Crippen molar-refractivity contribution < 1.29 is 24.3 Å². The van der Waals surface area contributed by atoms with Crippen molar-refractivity contribution in [3.05, 3.63) is 22.4 Å². The zero-order valence-electron chi connectivity index (χ0n) is 6.80. The van der Waals surface area contributed by atoms with Gasteiger partial charge in [0, 0.05) is 12.2 Å². The Morgan fingerprint density at radius 2 is 2.36 bits per heavy atom. The molecule has 1 atom stereocenters. The maximum absolute atomic E-state index is 11.0. The van der Waals surface area contributed by atoms with Gasteiger partial charge >= 0.3 is 5.71 Å². The zero-order chi connectivity index (χ0) is 9.71. The number of fused-ring (bicyclic) bond motifs is 3. The quantitative estimate of drug-likeness (QED) is 0.459. The van der Waals surface area contributed by atoms with Gasteiger partial charge in [0.1, 0.15) is 0 Å². The third-order valence-corrected chi connectivity index (χ3v) is 2.19. The highest BCUT2D eigenvalue weighted by Crippen LogP contribution is 2.24. The lowest BCUT2D eigenvalue weighted by atomic mass is 10.0. The minimum atomic E-state index is -0.418. The first-order chi connectivity index (χ1) is 6.77. The number of aromatic amines is 1. The molecule has 8 nitrogen and oxygen atoms in total. The number of hydrogen-bond donors (Lipinski definition) is 3. The van der Waals surface area contributed by atoms with Gasteiger partial charge in [0.2, 0.25) is 16.6 Å². The molecule has 0 radical (unpaired) electrons. The molecular formula is C6H6N4O4+2. The van der Waals surface area contributed by atoms with Crippen LogP contribution in [0.15, 0.2) is 10.7 Å². The first-order valence-electron chi connectivity index (χ1n) is 3.88. The fraction of sp³-hybridized carbons (Fsp3) is 0.167. The Kier molecular flexibility index (Phi) is 1.17. The smallest absolute Gasteiger partial charge is 0.243 e. The molecule has 8 heteroatoms. The lowest BCUT2D eigenvalue weighted by Crippen LogP contribution is -2.25. The third-order valence-electron chi connectivity index (χ3n) is 2.19. The summed E-state index contributed by atoms with van der Waals surface area (Å²) in [5, 5.41) is 11.6. The van der Waals surface area contributed by atoms with E-state index < -0.39 is 6.04 Å². The molecule has 1 aliphatic heterocycles. The molecule has 0 fully saturated rings. The van der Waals surface area contributed by atoms with Gasteiger partial charge in [-0.15, -0.1) is 4.94 Å². The Bertz CT molecular complexity index is 510. The van der Waals surface area contributed by atoms with Crippen molar-refractivity contribution in [2.24, 2.45) is 0 Å². The fourth-order valence-electron chi connectivity index (χ4n) is 1.51. The number of hydrogen-bond acceptors (Lipinski definition) is 5. The van der Waals surface area contributed by atoms with Gasteiger partial charge < -0.3 is 0 Å². The summed E-state index contributed by atoms with van der Waals surface area (Å²) in [7, 11) is 0. The van der Waals surface area contributed by atoms with Gasteiger partial charge in [-0.2, -0.15) is 0 Å². The van der Waals surface area contributed by atoms with Crippen LogP contribution in [0.1, 0.15) is 17.4 Å². The Labute approximate surface area is 76.1 Å². The molecule has 1 unspecified atom stereocenters. The van der Waals surface area contributed by atoms with Gasteiger partial charge in [0.05, 0.1) is 0 Å². The first-order valence-corrected chi connectivity index (χ1v) is 3.88. The van der Waals surface area contributed by atoms with Crippen molar-refractivity contribution in [1.82, 2.24) is 10.6 Å². The van der Waals surface area contributed by atoms with Crippen molar-refractivity contribution in [2.45, 2.75) is 6.04 Å². The average molecular weight is 198 g/mol. The van der Waals surface area contributed by atoms with Crippen LogP contribution < -0.4 is 10.1 Å². The van der Waals surface area contributed by atoms with Crippen LogP contribution in [0.25, 0.3) is 6.08 Å². The predicted molar refractivity (Wildman–Crippen MR) is 39.5 cm³/mol. The highest BCUT2D eigenvalue weighted by atomic mass is 16.9. The largest absolute Gasteiger partial charge is 0.319 e. The van der Waals surface area contributed by atoms with E-state index in [4.69, 9.17) is 0 Å². The van der Waals surface area contributed by atoms with E-state index in [1.807, 2.05) is 0 Å². The second-order valence-electron chi connectivity index (χ2n) is 2.92. The van der Waals surface area contributed by atoms with Crippen molar-refractivity contribution in [2.75, 3.05) is 0 Å². The van der Waals surface area contributed by atoms with Crippen LogP contribution in [0.3, 0.4) is 0 Å². The molecule has 0 saturated carbocycles. The summed E-state index contributed by atoms with van der Waals surface area (Å²) in [6.45, 7) is 0. The van der Waals surface area contributed by atoms with E-state index in [9.17, 15) is 10.1 Å². The Hall–Kier alpha value is -2.09. The average Bonchev–Trinajstić information content (AvgIpc) is 2.72. The Balaban J connectivity index is 2.25. The summed E-state index contributed by atoms with van der Waals surface area (Å²) in [5.74, 6) is 0. The molecule has 0 amide bonds. The first kappa shape index (κ1) is 7.33. The van der Waals surface area contributed by atoms with Gasteiger partial charge in [-0.05, 0) is 4.91 Å². The van der Waals surface area contributed by atoms with Crippen LogP contribution in [-0.4, -0.2) is 21.0 Å². The monoisotopic (exact) mass is 198 g/mol. The fourth-order valence-corrected chi connectivity index (χ4v) is 1.51. The number of nitrogens with zero attached hydrogens (tertiary/aromatic N) is 2. The lowest BCUT2D eigenvalue weighted by molar-refractivity contribution is -0.964. The maximum atomic E-state index is 11.0. The van der Waals surface area contributed by atoms with Crippen molar-refractivity contribution in [3.8, 4) is 0 Å². The molecule has 3 rings (SSSR count). The van der Waals surface area contributed by atoms with Crippen molar-refractivity contribution >= 4 is 11.8 Å². The van der Waals surface area contributed by atoms with E-state index in [1.165, 1.54) is 6.08 Å². The highest BCUT2D eigenvalue weighted by molar-refractivity contribution is 6.01. The molecule has 0 bridgehead atoms. The van der Waals surface area contributed by atoms with Crippen LogP contribution in [0.2, 0.25) is 0 Å². The zero-order valence-corrected chi connectivity index (χ0v) is 6.80. The van der Waals surface area contributed by atoms with Crippen molar-refractivity contribution in [1.29, 1.82) is 0 Å². The molecule has 0 aromatic carbocycles. The minimum Gasteiger partial charge on any atom is -0.243 e. The van der Waals surface area contributed by atoms with Gasteiger partial charge in [-0.1, -0.05) is 15.3 Å². The van der Waals surface area contributed by atoms with E-state index in [0.29, 0.717) is 26.6 Å². The summed E-state index contributed by atoms with van der Waals surface area (Å²) in [5.41, 5.74) is 3.86. The lowest BCUT2D eigenvalue weighted by Gasteiger charge is -1.98. The van der Waals surface area contributed by atoms with Crippen LogP contribution in [-0.2, 0) is 4.94 Å². The number of aromatic nitrogens is 2. The van der Waals surface area contributed by atoms with E-state index in [2.05, 4.69) is 20.2 Å². The third kappa shape index (κ3) is 0.726. The normalized spacial score (nSPS) is 23.3.